The second-order valence-corrected chi connectivity index (χ2v) is 9.63. The Bertz CT molecular complexity index is 992. The van der Waals surface area contributed by atoms with E-state index in [1.807, 2.05) is 29.2 Å². The molecule has 1 heterocycles. The number of nitrogens with one attached hydrogen (secondary N) is 1. The first-order chi connectivity index (χ1) is 14.3. The lowest BCUT2D eigenvalue weighted by molar-refractivity contribution is -0.122. The van der Waals surface area contributed by atoms with Gasteiger partial charge in [-0.2, -0.15) is 4.31 Å². The number of ether oxygens (including phenoxy) is 1. The molecule has 0 atom stereocenters. The van der Waals surface area contributed by atoms with Gasteiger partial charge in [0.25, 0.3) is 0 Å². The maximum Gasteiger partial charge on any atom is 0.244 e. The zero-order valence-corrected chi connectivity index (χ0v) is 18.8. The van der Waals surface area contributed by atoms with Crippen LogP contribution in [-0.4, -0.2) is 63.4 Å². The zero-order valence-electron chi connectivity index (χ0n) is 16.5. The Labute approximate surface area is 186 Å². The van der Waals surface area contributed by atoms with E-state index in [1.165, 1.54) is 16.4 Å². The maximum atomic E-state index is 12.9. The summed E-state index contributed by atoms with van der Waals surface area (Å²) in [5, 5.41) is 3.33. The number of halogens is 2. The van der Waals surface area contributed by atoms with Crippen LogP contribution in [0.1, 0.15) is 5.56 Å². The number of sulfonamides is 1. The van der Waals surface area contributed by atoms with Gasteiger partial charge in [-0.15, -0.1) is 0 Å². The molecule has 1 amide bonds. The van der Waals surface area contributed by atoms with Crippen LogP contribution in [0.3, 0.4) is 0 Å². The molecule has 0 radical (unpaired) electrons. The molecule has 2 aromatic carbocycles. The monoisotopic (exact) mass is 471 g/mol. The first-order valence-corrected chi connectivity index (χ1v) is 11.6. The number of carbonyl (C=O) groups is 1. The number of hydrogen-bond acceptors (Lipinski definition) is 5. The molecule has 10 heteroatoms. The fourth-order valence-electron chi connectivity index (χ4n) is 3.14. The highest BCUT2D eigenvalue weighted by atomic mass is 35.5. The Morgan fingerprint density at radius 3 is 2.37 bits per heavy atom. The first kappa shape index (κ1) is 22.8. The van der Waals surface area contributed by atoms with Gasteiger partial charge >= 0.3 is 0 Å². The molecule has 1 fully saturated rings. The summed E-state index contributed by atoms with van der Waals surface area (Å²) in [6.45, 7) is 2.08. The fourth-order valence-corrected chi connectivity index (χ4v) is 5.30. The lowest BCUT2D eigenvalue weighted by Crippen LogP contribution is -2.51. The number of rotatable bonds is 7. The molecule has 0 unspecified atom stereocenters. The standard InChI is InChI=1S/C20H23Cl2N3O4S/c1-29-17-5-2-15(3-6-17)13-23-20(26)14-24-8-10-25(11-9-24)30(27,28)19-12-16(21)4-7-18(19)22/h2-7,12H,8-11,13-14H2,1H3,(H,23,26). The second-order valence-electron chi connectivity index (χ2n) is 6.88. The molecule has 0 bridgehead atoms. The third kappa shape index (κ3) is 5.65. The number of hydrogen-bond donors (Lipinski definition) is 1. The van der Waals surface area contributed by atoms with Crippen LogP contribution >= 0.6 is 23.2 Å². The number of nitrogens with zero attached hydrogens (tertiary/aromatic N) is 2. The van der Waals surface area contributed by atoms with E-state index in [-0.39, 0.29) is 35.5 Å². The van der Waals surface area contributed by atoms with E-state index in [9.17, 15) is 13.2 Å². The van der Waals surface area contributed by atoms with E-state index in [2.05, 4.69) is 5.32 Å². The molecule has 0 saturated carbocycles. The van der Waals surface area contributed by atoms with Crippen LogP contribution in [0.2, 0.25) is 10.0 Å². The minimum Gasteiger partial charge on any atom is -0.497 e. The largest absolute Gasteiger partial charge is 0.497 e. The fraction of sp³-hybridized carbons (Fsp3) is 0.350. The number of piperazine rings is 1. The Morgan fingerprint density at radius 1 is 1.07 bits per heavy atom. The summed E-state index contributed by atoms with van der Waals surface area (Å²) in [5.41, 5.74) is 0.971. The average Bonchev–Trinajstić information content (AvgIpc) is 2.74. The molecular weight excluding hydrogens is 449 g/mol. The Balaban J connectivity index is 1.50. The van der Waals surface area contributed by atoms with Crippen molar-refractivity contribution in [1.29, 1.82) is 0 Å². The predicted octanol–water partition coefficient (Wildman–Crippen LogP) is 2.62. The molecule has 2 aromatic rings. The molecule has 0 aromatic heterocycles. The van der Waals surface area contributed by atoms with E-state index < -0.39 is 10.0 Å². The third-order valence-electron chi connectivity index (χ3n) is 4.86. The number of carbonyl (C=O) groups excluding carboxylic acids is 1. The van der Waals surface area contributed by atoms with Crippen molar-refractivity contribution in [3.8, 4) is 5.75 Å². The van der Waals surface area contributed by atoms with Crippen molar-refractivity contribution < 1.29 is 17.9 Å². The lowest BCUT2D eigenvalue weighted by atomic mass is 10.2. The zero-order chi connectivity index (χ0) is 21.7. The van der Waals surface area contributed by atoms with Crippen LogP contribution in [0.5, 0.6) is 5.75 Å². The van der Waals surface area contributed by atoms with Gasteiger partial charge in [-0.25, -0.2) is 8.42 Å². The molecule has 1 N–H and O–H groups in total. The van der Waals surface area contributed by atoms with Crippen LogP contribution in [0, 0.1) is 0 Å². The highest BCUT2D eigenvalue weighted by Gasteiger charge is 2.30. The third-order valence-corrected chi connectivity index (χ3v) is 7.47. The van der Waals surface area contributed by atoms with Crippen LogP contribution in [0.4, 0.5) is 0 Å². The highest BCUT2D eigenvalue weighted by molar-refractivity contribution is 7.89. The molecule has 7 nitrogen and oxygen atoms in total. The predicted molar refractivity (Wildman–Crippen MR) is 117 cm³/mol. The average molecular weight is 472 g/mol. The summed E-state index contributed by atoms with van der Waals surface area (Å²) < 4.78 is 32.2. The Morgan fingerprint density at radius 2 is 1.73 bits per heavy atom. The summed E-state index contributed by atoms with van der Waals surface area (Å²) in [5.74, 6) is 0.650. The Kier molecular flexibility index (Phi) is 7.60. The van der Waals surface area contributed by atoms with Crippen LogP contribution in [0.15, 0.2) is 47.4 Å². The van der Waals surface area contributed by atoms with Crippen molar-refractivity contribution in [1.82, 2.24) is 14.5 Å². The van der Waals surface area contributed by atoms with E-state index in [1.54, 1.807) is 13.2 Å². The number of amides is 1. The van der Waals surface area contributed by atoms with Crippen molar-refractivity contribution >= 4 is 39.1 Å². The first-order valence-electron chi connectivity index (χ1n) is 9.37. The molecule has 1 aliphatic heterocycles. The SMILES string of the molecule is COc1ccc(CNC(=O)CN2CCN(S(=O)(=O)c3cc(Cl)ccc3Cl)CC2)cc1. The summed E-state index contributed by atoms with van der Waals surface area (Å²) in [4.78, 5) is 14.2. The van der Waals surface area contributed by atoms with Gasteiger partial charge in [0, 0.05) is 37.7 Å². The molecule has 1 saturated heterocycles. The van der Waals surface area contributed by atoms with Crippen LogP contribution in [0.25, 0.3) is 0 Å². The van der Waals surface area contributed by atoms with Crippen molar-refractivity contribution in [2.24, 2.45) is 0 Å². The van der Waals surface area contributed by atoms with Crippen LogP contribution in [-0.2, 0) is 21.4 Å². The van der Waals surface area contributed by atoms with E-state index in [0.717, 1.165) is 11.3 Å². The van der Waals surface area contributed by atoms with Gasteiger partial charge in [0.15, 0.2) is 0 Å². The molecular formula is C20H23Cl2N3O4S. The second kappa shape index (κ2) is 9.98. The maximum absolute atomic E-state index is 12.9. The highest BCUT2D eigenvalue weighted by Crippen LogP contribution is 2.28. The normalized spacial score (nSPS) is 15.7. The van der Waals surface area contributed by atoms with E-state index >= 15 is 0 Å². The van der Waals surface area contributed by atoms with Crippen molar-refractivity contribution in [3.05, 3.63) is 58.1 Å². The van der Waals surface area contributed by atoms with Gasteiger partial charge in [0.2, 0.25) is 15.9 Å². The van der Waals surface area contributed by atoms with Gasteiger partial charge < -0.3 is 10.1 Å². The molecule has 30 heavy (non-hydrogen) atoms. The summed E-state index contributed by atoms with van der Waals surface area (Å²) >= 11 is 12.0. The van der Waals surface area contributed by atoms with Gasteiger partial charge in [-0.3, -0.25) is 9.69 Å². The smallest absolute Gasteiger partial charge is 0.244 e. The molecule has 1 aliphatic rings. The van der Waals surface area contributed by atoms with Crippen LogP contribution < -0.4 is 10.1 Å². The van der Waals surface area contributed by atoms with Gasteiger partial charge in [-0.05, 0) is 35.9 Å². The molecule has 0 spiro atoms. The lowest BCUT2D eigenvalue weighted by Gasteiger charge is -2.33. The summed E-state index contributed by atoms with van der Waals surface area (Å²) in [6.07, 6.45) is 0. The van der Waals surface area contributed by atoms with Gasteiger partial charge in [0.05, 0.1) is 18.7 Å². The van der Waals surface area contributed by atoms with Crippen molar-refractivity contribution in [3.63, 3.8) is 0 Å². The number of methoxy groups -OCH3 is 1. The van der Waals surface area contributed by atoms with E-state index in [4.69, 9.17) is 27.9 Å². The van der Waals surface area contributed by atoms with Crippen molar-refractivity contribution in [2.45, 2.75) is 11.4 Å². The topological polar surface area (TPSA) is 79.0 Å². The minimum absolute atomic E-state index is 0.00218. The minimum atomic E-state index is -3.74. The molecule has 3 rings (SSSR count). The Hall–Kier alpha value is -1.84. The summed E-state index contributed by atoms with van der Waals surface area (Å²) in [7, 11) is -2.14. The van der Waals surface area contributed by atoms with E-state index in [0.29, 0.717) is 24.7 Å². The van der Waals surface area contributed by atoms with Crippen molar-refractivity contribution in [2.75, 3.05) is 39.8 Å². The number of benzene rings is 2. The molecule has 0 aliphatic carbocycles. The summed E-state index contributed by atoms with van der Waals surface area (Å²) in [6, 6.07) is 11.8. The van der Waals surface area contributed by atoms with Gasteiger partial charge in [0.1, 0.15) is 10.6 Å². The molecule has 162 valence electrons. The quantitative estimate of drug-likeness (QED) is 0.671. The van der Waals surface area contributed by atoms with Gasteiger partial charge in [-0.1, -0.05) is 35.3 Å².